The minimum atomic E-state index is -0.928. The van der Waals surface area contributed by atoms with Crippen molar-refractivity contribution in [2.45, 2.75) is 13.3 Å². The summed E-state index contributed by atoms with van der Waals surface area (Å²) in [6.07, 6.45) is 4.03. The zero-order chi connectivity index (χ0) is 13.8. The molecule has 0 saturated heterocycles. The molecule has 0 spiro atoms. The first-order chi connectivity index (χ1) is 9.13. The van der Waals surface area contributed by atoms with Gasteiger partial charge in [-0.15, -0.1) is 0 Å². The Kier molecular flexibility index (Phi) is 3.85. The molecule has 0 atom stereocenters. The first-order valence-corrected chi connectivity index (χ1v) is 6.13. The van der Waals surface area contributed by atoms with E-state index in [0.29, 0.717) is 24.2 Å². The third kappa shape index (κ3) is 2.76. The molecule has 98 valence electrons. The number of hydrogen-bond acceptors (Lipinski definition) is 2. The van der Waals surface area contributed by atoms with E-state index in [1.165, 1.54) is 0 Å². The van der Waals surface area contributed by atoms with Gasteiger partial charge in [-0.05, 0) is 30.2 Å². The predicted octanol–water partition coefficient (Wildman–Crippen LogP) is 3.44. The molecule has 1 heterocycles. The summed E-state index contributed by atoms with van der Waals surface area (Å²) in [6.45, 7) is 5.88. The molecule has 0 saturated carbocycles. The lowest BCUT2D eigenvalue weighted by molar-refractivity contribution is -0.132. The van der Waals surface area contributed by atoms with Gasteiger partial charge in [0.15, 0.2) is 0 Å². The van der Waals surface area contributed by atoms with E-state index < -0.39 is 5.97 Å². The number of allylic oxidation sites excluding steroid dienone is 2. The average molecular weight is 256 g/mol. The van der Waals surface area contributed by atoms with Crippen LogP contribution in [0, 0.1) is 0 Å². The molecule has 0 amide bonds. The Hall–Kier alpha value is -2.29. The first kappa shape index (κ1) is 13.1. The number of aliphatic carboxylic acids is 1. The van der Waals surface area contributed by atoms with Crippen LogP contribution in [0.25, 0.3) is 6.08 Å². The van der Waals surface area contributed by atoms with Crippen LogP contribution < -0.4 is 4.74 Å². The van der Waals surface area contributed by atoms with Crippen LogP contribution in [0.2, 0.25) is 0 Å². The maximum Gasteiger partial charge on any atom is 0.336 e. The van der Waals surface area contributed by atoms with Crippen LogP contribution in [0.15, 0.2) is 53.6 Å². The van der Waals surface area contributed by atoms with Gasteiger partial charge >= 0.3 is 5.97 Å². The Labute approximate surface area is 112 Å². The lowest BCUT2D eigenvalue weighted by atomic mass is 9.96. The van der Waals surface area contributed by atoms with Crippen LogP contribution in [0.3, 0.4) is 0 Å². The minimum absolute atomic E-state index is 0.315. The van der Waals surface area contributed by atoms with Crippen LogP contribution >= 0.6 is 0 Å². The summed E-state index contributed by atoms with van der Waals surface area (Å²) < 4.78 is 5.63. The molecular weight excluding hydrogens is 240 g/mol. The van der Waals surface area contributed by atoms with Crippen LogP contribution in [-0.2, 0) is 4.79 Å². The maximum atomic E-state index is 11.4. The monoisotopic (exact) mass is 256 g/mol. The van der Waals surface area contributed by atoms with Gasteiger partial charge in [0.1, 0.15) is 5.75 Å². The smallest absolute Gasteiger partial charge is 0.336 e. The summed E-state index contributed by atoms with van der Waals surface area (Å²) in [4.78, 5) is 11.4. The third-order valence-electron chi connectivity index (χ3n) is 3.11. The second kappa shape index (κ2) is 5.57. The predicted molar refractivity (Wildman–Crippen MR) is 75.1 cm³/mol. The SMILES string of the molecule is C=CC(C)=C(C(=O)O)C1=Cc2ccccc2OCC1. The van der Waals surface area contributed by atoms with Gasteiger partial charge in [-0.3, -0.25) is 0 Å². The molecule has 0 aliphatic carbocycles. The van der Waals surface area contributed by atoms with Gasteiger partial charge in [0.05, 0.1) is 12.2 Å². The van der Waals surface area contributed by atoms with E-state index in [-0.39, 0.29) is 0 Å². The van der Waals surface area contributed by atoms with Crippen molar-refractivity contribution in [2.75, 3.05) is 6.61 Å². The normalized spacial score (nSPS) is 15.3. The van der Waals surface area contributed by atoms with Gasteiger partial charge in [-0.2, -0.15) is 0 Å². The largest absolute Gasteiger partial charge is 0.493 e. The van der Waals surface area contributed by atoms with Crippen LogP contribution in [-0.4, -0.2) is 17.7 Å². The van der Waals surface area contributed by atoms with Crippen molar-refractivity contribution in [1.82, 2.24) is 0 Å². The molecule has 0 fully saturated rings. The Bertz CT molecular complexity index is 579. The first-order valence-electron chi connectivity index (χ1n) is 6.13. The van der Waals surface area contributed by atoms with Crippen LogP contribution in [0.4, 0.5) is 0 Å². The fraction of sp³-hybridized carbons (Fsp3) is 0.188. The van der Waals surface area contributed by atoms with Crippen molar-refractivity contribution < 1.29 is 14.6 Å². The summed E-state index contributed by atoms with van der Waals surface area (Å²) in [7, 11) is 0. The van der Waals surface area contributed by atoms with E-state index >= 15 is 0 Å². The molecule has 3 heteroatoms. The Morgan fingerprint density at radius 3 is 2.84 bits per heavy atom. The zero-order valence-electron chi connectivity index (χ0n) is 10.8. The van der Waals surface area contributed by atoms with Crippen LogP contribution in [0.5, 0.6) is 5.75 Å². The third-order valence-corrected chi connectivity index (χ3v) is 3.11. The molecule has 1 aliphatic heterocycles. The number of para-hydroxylation sites is 1. The Morgan fingerprint density at radius 2 is 2.16 bits per heavy atom. The Balaban J connectivity index is 2.53. The van der Waals surface area contributed by atoms with E-state index in [9.17, 15) is 9.90 Å². The van der Waals surface area contributed by atoms with Crippen molar-refractivity contribution >= 4 is 12.0 Å². The van der Waals surface area contributed by atoms with Gasteiger partial charge in [0.2, 0.25) is 0 Å². The quantitative estimate of drug-likeness (QED) is 0.665. The molecule has 0 aromatic heterocycles. The fourth-order valence-corrected chi connectivity index (χ4v) is 2.12. The van der Waals surface area contributed by atoms with Crippen LogP contribution in [0.1, 0.15) is 18.9 Å². The molecule has 2 rings (SSSR count). The minimum Gasteiger partial charge on any atom is -0.493 e. The maximum absolute atomic E-state index is 11.4. The molecule has 3 nitrogen and oxygen atoms in total. The molecule has 0 radical (unpaired) electrons. The zero-order valence-corrected chi connectivity index (χ0v) is 10.8. The summed E-state index contributed by atoms with van der Waals surface area (Å²) in [5.74, 6) is -0.137. The van der Waals surface area contributed by atoms with E-state index in [4.69, 9.17) is 4.74 Å². The van der Waals surface area contributed by atoms with Crippen molar-refractivity contribution in [1.29, 1.82) is 0 Å². The summed E-state index contributed by atoms with van der Waals surface area (Å²) in [5.41, 5.74) is 2.66. The highest BCUT2D eigenvalue weighted by Gasteiger charge is 2.18. The van der Waals surface area contributed by atoms with Crippen molar-refractivity contribution in [2.24, 2.45) is 0 Å². The van der Waals surface area contributed by atoms with Crippen molar-refractivity contribution in [3.05, 3.63) is 59.2 Å². The second-order valence-electron chi connectivity index (χ2n) is 4.37. The number of carboxylic acid groups (broad SMARTS) is 1. The fourth-order valence-electron chi connectivity index (χ4n) is 2.12. The van der Waals surface area contributed by atoms with Crippen molar-refractivity contribution in [3.8, 4) is 5.75 Å². The summed E-state index contributed by atoms with van der Waals surface area (Å²) in [6, 6.07) is 7.62. The Morgan fingerprint density at radius 1 is 1.42 bits per heavy atom. The van der Waals surface area contributed by atoms with E-state index in [0.717, 1.165) is 16.9 Å². The topological polar surface area (TPSA) is 46.5 Å². The van der Waals surface area contributed by atoms with E-state index in [1.807, 2.05) is 30.3 Å². The molecule has 0 unspecified atom stereocenters. The summed E-state index contributed by atoms with van der Waals surface area (Å²) in [5, 5.41) is 9.38. The molecule has 1 N–H and O–H groups in total. The summed E-state index contributed by atoms with van der Waals surface area (Å²) >= 11 is 0. The second-order valence-corrected chi connectivity index (χ2v) is 4.37. The van der Waals surface area contributed by atoms with E-state index in [1.54, 1.807) is 13.0 Å². The number of carbonyl (C=O) groups is 1. The molecule has 19 heavy (non-hydrogen) atoms. The van der Waals surface area contributed by atoms with E-state index in [2.05, 4.69) is 6.58 Å². The number of benzene rings is 1. The highest BCUT2D eigenvalue weighted by Crippen LogP contribution is 2.29. The number of rotatable bonds is 3. The van der Waals surface area contributed by atoms with Gasteiger partial charge in [-0.25, -0.2) is 4.79 Å². The number of carboxylic acids is 1. The van der Waals surface area contributed by atoms with Gasteiger partial charge in [0.25, 0.3) is 0 Å². The molecule has 1 aromatic rings. The number of fused-ring (bicyclic) bond motifs is 1. The lowest BCUT2D eigenvalue weighted by Crippen LogP contribution is -2.07. The molecule has 0 bridgehead atoms. The lowest BCUT2D eigenvalue weighted by Gasteiger charge is -2.08. The number of hydrogen-bond donors (Lipinski definition) is 1. The molecular formula is C16H16O3. The number of ether oxygens (including phenoxy) is 1. The van der Waals surface area contributed by atoms with Gasteiger partial charge in [0, 0.05) is 12.0 Å². The van der Waals surface area contributed by atoms with Crippen molar-refractivity contribution in [3.63, 3.8) is 0 Å². The standard InChI is InChI=1S/C16H16O3/c1-3-11(2)15(16(17)18)13-8-9-19-14-7-5-4-6-12(14)10-13/h3-7,10H,1,8-9H2,2H3,(H,17,18). The van der Waals surface area contributed by atoms with Gasteiger partial charge in [-0.1, -0.05) is 30.9 Å². The molecule has 1 aliphatic rings. The van der Waals surface area contributed by atoms with Gasteiger partial charge < -0.3 is 9.84 Å². The highest BCUT2D eigenvalue weighted by atomic mass is 16.5. The average Bonchev–Trinajstić information content (AvgIpc) is 2.60. The molecule has 1 aromatic carbocycles. The highest BCUT2D eigenvalue weighted by molar-refractivity contribution is 5.95.